The first-order valence-corrected chi connectivity index (χ1v) is 9.03. The van der Waals surface area contributed by atoms with Gasteiger partial charge in [0.25, 0.3) is 0 Å². The van der Waals surface area contributed by atoms with Gasteiger partial charge in [0, 0.05) is 11.1 Å². The molecule has 0 atom stereocenters. The monoisotopic (exact) mass is 348 g/mol. The van der Waals surface area contributed by atoms with E-state index in [-0.39, 0.29) is 0 Å². The summed E-state index contributed by atoms with van der Waals surface area (Å²) < 4.78 is 0. The number of benzene rings is 4. The van der Waals surface area contributed by atoms with E-state index in [4.69, 9.17) is 0 Å². The first kappa shape index (κ1) is 16.9. The van der Waals surface area contributed by atoms with Crippen LogP contribution in [-0.4, -0.2) is 5.11 Å². The van der Waals surface area contributed by atoms with Gasteiger partial charge < -0.3 is 5.11 Å². The Morgan fingerprint density at radius 2 is 1.07 bits per heavy atom. The van der Waals surface area contributed by atoms with E-state index in [0.717, 1.165) is 33.4 Å². The van der Waals surface area contributed by atoms with E-state index in [2.05, 4.69) is 36.4 Å². The van der Waals surface area contributed by atoms with Crippen molar-refractivity contribution in [2.45, 2.75) is 0 Å². The summed E-state index contributed by atoms with van der Waals surface area (Å²) in [5.41, 5.74) is 5.92. The van der Waals surface area contributed by atoms with Crippen molar-refractivity contribution < 1.29 is 5.11 Å². The Kier molecular flexibility index (Phi) is 4.84. The van der Waals surface area contributed by atoms with Crippen LogP contribution in [0.1, 0.15) is 11.1 Å². The summed E-state index contributed by atoms with van der Waals surface area (Å²) in [7, 11) is 0. The van der Waals surface area contributed by atoms with Crippen LogP contribution < -0.4 is 0 Å². The summed E-state index contributed by atoms with van der Waals surface area (Å²) in [6, 6.07) is 34.3. The molecule has 0 bridgehead atoms. The van der Waals surface area contributed by atoms with Gasteiger partial charge in [0.05, 0.1) is 0 Å². The molecular formula is C26H20O. The average Bonchev–Trinajstić information content (AvgIpc) is 2.74. The number of hydrogen-bond donors (Lipinski definition) is 1. The lowest BCUT2D eigenvalue weighted by molar-refractivity contribution is 0.479. The summed E-state index contributed by atoms with van der Waals surface area (Å²) in [5, 5.41) is 11.0. The number of hydrogen-bond acceptors (Lipinski definition) is 1. The molecule has 0 unspecified atom stereocenters. The standard InChI is InChI=1S/C26H20O/c27-26-24(21-12-5-2-6-13-21)16-9-17-25(26)23-15-8-7-14-22(23)19-18-20-10-3-1-4-11-20/h1-19,27H. The van der Waals surface area contributed by atoms with Crippen molar-refractivity contribution >= 4 is 12.2 Å². The second kappa shape index (κ2) is 7.76. The zero-order valence-corrected chi connectivity index (χ0v) is 14.9. The van der Waals surface area contributed by atoms with E-state index in [9.17, 15) is 5.11 Å². The smallest absolute Gasteiger partial charge is 0.131 e. The fourth-order valence-electron chi connectivity index (χ4n) is 3.25. The first-order chi connectivity index (χ1) is 13.3. The van der Waals surface area contributed by atoms with Crippen LogP contribution >= 0.6 is 0 Å². The Labute approximate surface area is 159 Å². The molecule has 1 N–H and O–H groups in total. The molecule has 27 heavy (non-hydrogen) atoms. The molecule has 1 nitrogen and oxygen atoms in total. The minimum atomic E-state index is 0.310. The highest BCUT2D eigenvalue weighted by Crippen LogP contribution is 2.39. The molecular weight excluding hydrogens is 328 g/mol. The molecule has 4 aromatic carbocycles. The van der Waals surface area contributed by atoms with Gasteiger partial charge in [-0.05, 0) is 22.3 Å². The van der Waals surface area contributed by atoms with E-state index < -0.39 is 0 Å². The number of rotatable bonds is 4. The van der Waals surface area contributed by atoms with Crippen molar-refractivity contribution in [3.8, 4) is 28.0 Å². The SMILES string of the molecule is Oc1c(-c2ccccc2)cccc1-c1ccccc1C=Cc1ccccc1. The normalized spacial score (nSPS) is 11.0. The van der Waals surface area contributed by atoms with Gasteiger partial charge in [0.15, 0.2) is 0 Å². The van der Waals surface area contributed by atoms with Gasteiger partial charge in [0.1, 0.15) is 5.75 Å². The van der Waals surface area contributed by atoms with E-state index in [1.54, 1.807) is 0 Å². The quantitative estimate of drug-likeness (QED) is 0.398. The summed E-state index contributed by atoms with van der Waals surface area (Å²) >= 11 is 0. The topological polar surface area (TPSA) is 20.2 Å². The van der Waals surface area contributed by atoms with Crippen LogP contribution in [0.3, 0.4) is 0 Å². The molecule has 0 radical (unpaired) electrons. The van der Waals surface area contributed by atoms with Gasteiger partial charge in [-0.3, -0.25) is 0 Å². The molecule has 130 valence electrons. The van der Waals surface area contributed by atoms with Crippen LogP contribution in [0, 0.1) is 0 Å². The predicted molar refractivity (Wildman–Crippen MR) is 114 cm³/mol. The lowest BCUT2D eigenvalue weighted by Gasteiger charge is -2.12. The molecule has 0 aliphatic rings. The molecule has 0 fully saturated rings. The van der Waals surface area contributed by atoms with Gasteiger partial charge >= 0.3 is 0 Å². The Bertz CT molecular complexity index is 1060. The molecule has 0 saturated heterocycles. The Morgan fingerprint density at radius 1 is 0.481 bits per heavy atom. The van der Waals surface area contributed by atoms with E-state index in [1.807, 2.05) is 78.9 Å². The van der Waals surface area contributed by atoms with Crippen molar-refractivity contribution in [1.82, 2.24) is 0 Å². The van der Waals surface area contributed by atoms with Crippen molar-refractivity contribution in [2.24, 2.45) is 0 Å². The van der Waals surface area contributed by atoms with Crippen LogP contribution in [0.4, 0.5) is 0 Å². The second-order valence-electron chi connectivity index (χ2n) is 6.40. The highest BCUT2D eigenvalue weighted by atomic mass is 16.3. The highest BCUT2D eigenvalue weighted by molar-refractivity contribution is 5.87. The largest absolute Gasteiger partial charge is 0.507 e. The zero-order chi connectivity index (χ0) is 18.5. The Hall–Kier alpha value is -3.58. The number of phenolic OH excluding ortho intramolecular Hbond substituents is 1. The third-order valence-electron chi connectivity index (χ3n) is 4.63. The van der Waals surface area contributed by atoms with Gasteiger partial charge in [-0.2, -0.15) is 0 Å². The Morgan fingerprint density at radius 3 is 1.85 bits per heavy atom. The molecule has 0 heterocycles. The number of phenols is 1. The summed E-state index contributed by atoms with van der Waals surface area (Å²) in [4.78, 5) is 0. The molecule has 0 aromatic heterocycles. The predicted octanol–water partition coefficient (Wildman–Crippen LogP) is 6.90. The average molecular weight is 348 g/mol. The molecule has 4 aromatic rings. The molecule has 0 spiro atoms. The lowest BCUT2D eigenvalue weighted by Crippen LogP contribution is -1.87. The van der Waals surface area contributed by atoms with Crippen LogP contribution in [-0.2, 0) is 0 Å². The number of para-hydroxylation sites is 1. The molecule has 4 rings (SSSR count). The lowest BCUT2D eigenvalue weighted by atomic mass is 9.94. The van der Waals surface area contributed by atoms with Gasteiger partial charge in [-0.15, -0.1) is 0 Å². The fraction of sp³-hybridized carbons (Fsp3) is 0. The molecule has 0 aliphatic heterocycles. The van der Waals surface area contributed by atoms with Crippen LogP contribution in [0.5, 0.6) is 5.75 Å². The Balaban J connectivity index is 1.78. The van der Waals surface area contributed by atoms with Gasteiger partial charge in [0.2, 0.25) is 0 Å². The molecule has 1 heteroatoms. The van der Waals surface area contributed by atoms with Crippen molar-refractivity contribution in [1.29, 1.82) is 0 Å². The maximum Gasteiger partial charge on any atom is 0.131 e. The molecule has 0 saturated carbocycles. The minimum Gasteiger partial charge on any atom is -0.507 e. The summed E-state index contributed by atoms with van der Waals surface area (Å²) in [6.07, 6.45) is 4.19. The number of aromatic hydroxyl groups is 1. The third-order valence-corrected chi connectivity index (χ3v) is 4.63. The fourth-order valence-corrected chi connectivity index (χ4v) is 3.25. The first-order valence-electron chi connectivity index (χ1n) is 9.03. The zero-order valence-electron chi connectivity index (χ0n) is 14.9. The maximum atomic E-state index is 11.0. The van der Waals surface area contributed by atoms with E-state index >= 15 is 0 Å². The van der Waals surface area contributed by atoms with Crippen LogP contribution in [0.25, 0.3) is 34.4 Å². The summed E-state index contributed by atoms with van der Waals surface area (Å²) in [5.74, 6) is 0.310. The maximum absolute atomic E-state index is 11.0. The minimum absolute atomic E-state index is 0.310. The van der Waals surface area contributed by atoms with E-state index in [0.29, 0.717) is 5.75 Å². The van der Waals surface area contributed by atoms with Gasteiger partial charge in [-0.25, -0.2) is 0 Å². The van der Waals surface area contributed by atoms with Crippen molar-refractivity contribution in [3.63, 3.8) is 0 Å². The molecule has 0 amide bonds. The second-order valence-corrected chi connectivity index (χ2v) is 6.40. The van der Waals surface area contributed by atoms with Crippen molar-refractivity contribution in [3.05, 3.63) is 114 Å². The molecule has 0 aliphatic carbocycles. The van der Waals surface area contributed by atoms with Crippen LogP contribution in [0.2, 0.25) is 0 Å². The van der Waals surface area contributed by atoms with Crippen molar-refractivity contribution in [2.75, 3.05) is 0 Å². The highest BCUT2D eigenvalue weighted by Gasteiger charge is 2.12. The van der Waals surface area contributed by atoms with Crippen LogP contribution in [0.15, 0.2) is 103 Å². The third kappa shape index (κ3) is 3.68. The summed E-state index contributed by atoms with van der Waals surface area (Å²) in [6.45, 7) is 0. The van der Waals surface area contributed by atoms with Gasteiger partial charge in [-0.1, -0.05) is 115 Å². The van der Waals surface area contributed by atoms with E-state index in [1.165, 1.54) is 0 Å².